The number of sulfone groups is 1. The molecule has 1 aliphatic heterocycles. The number of nitrogens with two attached hydrogens (primary N) is 1. The summed E-state index contributed by atoms with van der Waals surface area (Å²) in [4.78, 5) is 42.0. The average molecular weight is 641 g/mol. The number of hydrogen-bond acceptors (Lipinski definition) is 7. The predicted molar refractivity (Wildman–Crippen MR) is 140 cm³/mol. The molecule has 2 aliphatic carbocycles. The standard InChI is InChI=1S/C28H25F5N4O6S/c1-14-6-16(4-5-36-14)15-2-3-20(18(7-15)28(31,32)33)44(42,43)17-8-19(22(38)37-12-26(29,30)13-37)27(9-17,24(40)41)21-10-25(21,11-34)23(35)39/h2-7,17,19,21H,8-10,12-13H2,1H3,(H2,35,39)(H,40,41)/t17-,19+,21?,25?,27+/m1/s1. The number of primary amides is 1. The lowest BCUT2D eigenvalue weighted by atomic mass is 9.70. The zero-order valence-corrected chi connectivity index (χ0v) is 23.8. The Bertz CT molecular complexity index is 1730. The van der Waals surface area contributed by atoms with Crippen molar-refractivity contribution >= 4 is 27.6 Å². The number of carboxylic acid groups (broad SMARTS) is 1. The van der Waals surface area contributed by atoms with E-state index >= 15 is 0 Å². The SMILES string of the molecule is Cc1cc(-c2ccc(S(=O)(=O)[C@@H]3C[C@@H](C(=O)N4CC(F)(F)C4)[C@](C(=O)O)(C4CC4(C#N)C(N)=O)C3)c(C(F)(F)F)c2)ccn1. The second-order valence-corrected chi connectivity index (χ2v) is 13.9. The van der Waals surface area contributed by atoms with Gasteiger partial charge in [-0.2, -0.15) is 18.4 Å². The number of nitriles is 1. The Hall–Kier alpha value is -4.13. The fraction of sp³-hybridized carbons (Fsp3) is 0.464. The molecule has 3 aliphatic rings. The maximum atomic E-state index is 14.3. The van der Waals surface area contributed by atoms with Crippen molar-refractivity contribution in [2.24, 2.45) is 28.4 Å². The molecule has 44 heavy (non-hydrogen) atoms. The van der Waals surface area contributed by atoms with Gasteiger partial charge in [-0.3, -0.25) is 19.4 Å². The second kappa shape index (κ2) is 9.94. The minimum atomic E-state index is -5.18. The van der Waals surface area contributed by atoms with Crippen LogP contribution in [0.1, 0.15) is 30.5 Å². The molecule has 2 unspecified atom stereocenters. The van der Waals surface area contributed by atoms with E-state index in [-0.39, 0.29) is 5.56 Å². The Kier molecular flexibility index (Phi) is 7.07. The zero-order valence-electron chi connectivity index (χ0n) is 22.9. The molecule has 234 valence electrons. The van der Waals surface area contributed by atoms with E-state index < -0.39 is 110 Å². The third-order valence-corrected chi connectivity index (χ3v) is 11.2. The number of halogens is 5. The van der Waals surface area contributed by atoms with Crippen molar-refractivity contribution in [3.05, 3.63) is 47.8 Å². The molecule has 0 bridgehead atoms. The topological polar surface area (TPSA) is 172 Å². The molecular formula is C28H25F5N4O6S. The van der Waals surface area contributed by atoms with Crippen molar-refractivity contribution in [3.63, 3.8) is 0 Å². The Morgan fingerprint density at radius 2 is 1.75 bits per heavy atom. The van der Waals surface area contributed by atoms with Crippen LogP contribution >= 0.6 is 0 Å². The fourth-order valence-corrected chi connectivity index (χ4v) is 8.75. The van der Waals surface area contributed by atoms with Crippen LogP contribution in [0.2, 0.25) is 0 Å². The van der Waals surface area contributed by atoms with Crippen LogP contribution in [0.25, 0.3) is 11.1 Å². The summed E-state index contributed by atoms with van der Waals surface area (Å²) in [6.07, 6.45) is -6.06. The van der Waals surface area contributed by atoms with Crippen LogP contribution in [0.5, 0.6) is 0 Å². The van der Waals surface area contributed by atoms with Gasteiger partial charge in [0.2, 0.25) is 11.8 Å². The monoisotopic (exact) mass is 640 g/mol. The Labute approximate surface area is 247 Å². The number of aryl methyl sites for hydroxylation is 1. The lowest BCUT2D eigenvalue weighted by Crippen LogP contribution is -2.61. The number of nitrogens with zero attached hydrogens (tertiary/aromatic N) is 3. The van der Waals surface area contributed by atoms with E-state index in [1.54, 1.807) is 13.0 Å². The van der Waals surface area contributed by atoms with E-state index in [1.807, 2.05) is 0 Å². The van der Waals surface area contributed by atoms with E-state index in [0.29, 0.717) is 22.2 Å². The summed E-state index contributed by atoms with van der Waals surface area (Å²) in [5.41, 5.74) is 0.128. The van der Waals surface area contributed by atoms with Crippen molar-refractivity contribution in [3.8, 4) is 17.2 Å². The minimum Gasteiger partial charge on any atom is -0.481 e. The average Bonchev–Trinajstić information content (AvgIpc) is 3.54. The Balaban J connectivity index is 1.61. The molecule has 2 heterocycles. The smallest absolute Gasteiger partial charge is 0.417 e. The number of alkyl halides is 5. The van der Waals surface area contributed by atoms with E-state index in [4.69, 9.17) is 5.73 Å². The van der Waals surface area contributed by atoms with Gasteiger partial charge in [-0.05, 0) is 61.6 Å². The summed E-state index contributed by atoms with van der Waals surface area (Å²) >= 11 is 0. The van der Waals surface area contributed by atoms with Crippen molar-refractivity contribution < 1.29 is 49.9 Å². The number of rotatable bonds is 7. The Morgan fingerprint density at radius 3 is 2.25 bits per heavy atom. The molecule has 3 N–H and O–H groups in total. The first-order chi connectivity index (χ1) is 20.3. The molecule has 1 aromatic carbocycles. The first-order valence-electron chi connectivity index (χ1n) is 13.3. The largest absolute Gasteiger partial charge is 0.481 e. The highest BCUT2D eigenvalue weighted by molar-refractivity contribution is 7.92. The number of pyridine rings is 1. The number of amides is 2. The van der Waals surface area contributed by atoms with E-state index in [0.717, 1.165) is 12.1 Å². The predicted octanol–water partition coefficient (Wildman–Crippen LogP) is 3.19. The summed E-state index contributed by atoms with van der Waals surface area (Å²) in [5.74, 6) is -10.8. The normalized spacial score (nSPS) is 29.4. The number of carboxylic acids is 1. The van der Waals surface area contributed by atoms with Gasteiger partial charge in [-0.1, -0.05) is 6.07 Å². The van der Waals surface area contributed by atoms with Gasteiger partial charge in [0.15, 0.2) is 9.84 Å². The van der Waals surface area contributed by atoms with Crippen molar-refractivity contribution in [1.29, 1.82) is 5.26 Å². The quantitative estimate of drug-likeness (QED) is 0.435. The van der Waals surface area contributed by atoms with Gasteiger partial charge in [0.05, 0.1) is 46.2 Å². The van der Waals surface area contributed by atoms with Crippen LogP contribution in [0, 0.1) is 40.9 Å². The summed E-state index contributed by atoms with van der Waals surface area (Å²) in [5, 5.41) is 18.2. The van der Waals surface area contributed by atoms with Gasteiger partial charge < -0.3 is 15.7 Å². The molecule has 1 saturated heterocycles. The number of hydrogen-bond donors (Lipinski definition) is 2. The van der Waals surface area contributed by atoms with Crippen molar-refractivity contribution in [1.82, 2.24) is 9.88 Å². The highest BCUT2D eigenvalue weighted by atomic mass is 32.2. The molecule has 3 fully saturated rings. The van der Waals surface area contributed by atoms with Crippen LogP contribution in [-0.4, -0.2) is 65.5 Å². The van der Waals surface area contributed by atoms with Gasteiger partial charge in [0.1, 0.15) is 5.41 Å². The third kappa shape index (κ3) is 4.77. The Morgan fingerprint density at radius 1 is 1.11 bits per heavy atom. The van der Waals surface area contributed by atoms with Crippen LogP contribution in [0.15, 0.2) is 41.4 Å². The number of likely N-dealkylation sites (tertiary alicyclic amines) is 1. The summed E-state index contributed by atoms with van der Waals surface area (Å²) in [6, 6.07) is 7.10. The number of aromatic nitrogens is 1. The van der Waals surface area contributed by atoms with Gasteiger partial charge >= 0.3 is 12.1 Å². The van der Waals surface area contributed by atoms with Crippen LogP contribution in [0.4, 0.5) is 22.0 Å². The van der Waals surface area contributed by atoms with Crippen LogP contribution in [0.3, 0.4) is 0 Å². The van der Waals surface area contributed by atoms with Crippen LogP contribution < -0.4 is 5.73 Å². The van der Waals surface area contributed by atoms with E-state index in [2.05, 4.69) is 4.98 Å². The first-order valence-corrected chi connectivity index (χ1v) is 14.8. The molecule has 5 atom stereocenters. The van der Waals surface area contributed by atoms with Gasteiger partial charge in [0, 0.05) is 17.8 Å². The number of carbonyl (C=O) groups is 3. The first kappa shape index (κ1) is 31.3. The second-order valence-electron chi connectivity index (χ2n) is 11.7. The molecule has 16 heteroatoms. The summed E-state index contributed by atoms with van der Waals surface area (Å²) in [6.45, 7) is -0.541. The van der Waals surface area contributed by atoms with Gasteiger partial charge in [0.25, 0.3) is 5.92 Å². The molecular weight excluding hydrogens is 615 g/mol. The third-order valence-electron chi connectivity index (χ3n) is 9.02. The minimum absolute atomic E-state index is 0.0260. The van der Waals surface area contributed by atoms with Gasteiger partial charge in [-0.25, -0.2) is 17.2 Å². The summed E-state index contributed by atoms with van der Waals surface area (Å²) in [7, 11) is -5.05. The molecule has 2 aromatic rings. The molecule has 0 spiro atoms. The summed E-state index contributed by atoms with van der Waals surface area (Å²) < 4.78 is 98.2. The van der Waals surface area contributed by atoms with Crippen molar-refractivity contribution in [2.75, 3.05) is 13.1 Å². The molecule has 0 radical (unpaired) electrons. The van der Waals surface area contributed by atoms with Crippen molar-refractivity contribution in [2.45, 2.75) is 48.4 Å². The lowest BCUT2D eigenvalue weighted by molar-refractivity contribution is -0.177. The molecule has 5 rings (SSSR count). The zero-order chi connectivity index (χ0) is 32.6. The van der Waals surface area contributed by atoms with E-state index in [9.17, 15) is 55.1 Å². The van der Waals surface area contributed by atoms with Gasteiger partial charge in [-0.15, -0.1) is 0 Å². The number of carbonyl (C=O) groups excluding carboxylic acids is 2. The van der Waals surface area contributed by atoms with Crippen LogP contribution in [-0.2, 0) is 30.4 Å². The molecule has 2 amide bonds. The molecule has 10 nitrogen and oxygen atoms in total. The highest BCUT2D eigenvalue weighted by Crippen LogP contribution is 2.68. The number of aliphatic carboxylic acids is 1. The fourth-order valence-electron chi connectivity index (χ4n) is 6.71. The number of benzene rings is 1. The lowest BCUT2D eigenvalue weighted by Gasteiger charge is -2.42. The maximum Gasteiger partial charge on any atom is 0.417 e. The molecule has 2 saturated carbocycles. The molecule has 1 aromatic heterocycles. The van der Waals surface area contributed by atoms with E-state index in [1.165, 1.54) is 18.3 Å². The maximum absolute atomic E-state index is 14.3. The highest BCUT2D eigenvalue weighted by Gasteiger charge is 2.76.